The summed E-state index contributed by atoms with van der Waals surface area (Å²) in [5.74, 6) is -3.22. The average molecular weight is 712 g/mol. The van der Waals surface area contributed by atoms with E-state index in [1.54, 1.807) is 38.1 Å². The number of aliphatic imine (C=N–C) groups is 1. The van der Waals surface area contributed by atoms with E-state index in [0.29, 0.717) is 27.7 Å². The molecule has 3 aliphatic rings. The highest BCUT2D eigenvalue weighted by atomic mass is 32.2. The Morgan fingerprint density at radius 2 is 1.52 bits per heavy atom. The lowest BCUT2D eigenvalue weighted by Gasteiger charge is -2.40. The van der Waals surface area contributed by atoms with Gasteiger partial charge < -0.3 is 19.1 Å². The second-order valence-electron chi connectivity index (χ2n) is 11.7. The van der Waals surface area contributed by atoms with Gasteiger partial charge in [0.15, 0.2) is 5.70 Å². The Morgan fingerprint density at radius 1 is 0.900 bits per heavy atom. The molecule has 15 heteroatoms. The van der Waals surface area contributed by atoms with Gasteiger partial charge in [0.2, 0.25) is 0 Å². The summed E-state index contributed by atoms with van der Waals surface area (Å²) in [7, 11) is -3.81. The van der Waals surface area contributed by atoms with Crippen LogP contribution in [0.5, 0.6) is 0 Å². The predicted octanol–water partition coefficient (Wildman–Crippen LogP) is 4.76. The van der Waals surface area contributed by atoms with Crippen molar-refractivity contribution in [1.82, 2.24) is 4.31 Å². The lowest BCUT2D eigenvalue weighted by molar-refractivity contribution is -0.144. The number of carbonyl (C=O) groups excluding carboxylic acids is 3. The van der Waals surface area contributed by atoms with Crippen molar-refractivity contribution in [2.45, 2.75) is 55.4 Å². The van der Waals surface area contributed by atoms with Crippen LogP contribution in [0.25, 0.3) is 0 Å². The summed E-state index contributed by atoms with van der Waals surface area (Å²) < 4.78 is 86.1. The molecule has 1 unspecified atom stereocenters. The standard InChI is InChI=1S/C35H32F3N3O8S/c1-4-48-31(43)27-28(32(44)49-5-2)39-33-34(24-13-9-10-14-25(24)40(29(27)34)20-21-11-7-6-8-12-21)19-26(30(42)47-3)41(33)50(45,46)23-17-15-22(16-18-23)35(36,37)38/h6-18,26,29H,4-5,19-20H2,1-3H3/t26-,29?,34-/m0/s1. The largest absolute Gasteiger partial charge is 0.467 e. The summed E-state index contributed by atoms with van der Waals surface area (Å²) >= 11 is 0. The fourth-order valence-corrected chi connectivity index (χ4v) is 8.68. The Kier molecular flexibility index (Phi) is 8.97. The highest BCUT2D eigenvalue weighted by molar-refractivity contribution is 7.89. The van der Waals surface area contributed by atoms with Crippen molar-refractivity contribution in [3.63, 3.8) is 0 Å². The fourth-order valence-electron chi connectivity index (χ4n) is 7.04. The second-order valence-corrected chi connectivity index (χ2v) is 13.5. The lowest BCUT2D eigenvalue weighted by atomic mass is 9.69. The van der Waals surface area contributed by atoms with Crippen molar-refractivity contribution < 1.29 is 50.2 Å². The van der Waals surface area contributed by atoms with Crippen LogP contribution >= 0.6 is 0 Å². The summed E-state index contributed by atoms with van der Waals surface area (Å²) in [4.78, 5) is 47.1. The fraction of sp³-hybridized carbons (Fsp3) is 0.314. The van der Waals surface area contributed by atoms with Crippen LogP contribution < -0.4 is 4.90 Å². The molecule has 0 N–H and O–H groups in total. The maximum atomic E-state index is 14.6. The molecule has 0 aliphatic carbocycles. The van der Waals surface area contributed by atoms with Gasteiger partial charge in [0.1, 0.15) is 11.9 Å². The number of carbonyl (C=O) groups is 3. The zero-order chi connectivity index (χ0) is 36.0. The predicted molar refractivity (Wildman–Crippen MR) is 173 cm³/mol. The van der Waals surface area contributed by atoms with Gasteiger partial charge in [-0.05, 0) is 61.7 Å². The van der Waals surface area contributed by atoms with Crippen LogP contribution in [0.4, 0.5) is 18.9 Å². The first-order valence-electron chi connectivity index (χ1n) is 15.7. The molecule has 262 valence electrons. The third-order valence-electron chi connectivity index (χ3n) is 9.00. The van der Waals surface area contributed by atoms with Crippen LogP contribution in [-0.4, -0.2) is 68.9 Å². The third kappa shape index (κ3) is 5.49. The zero-order valence-corrected chi connectivity index (χ0v) is 28.0. The van der Waals surface area contributed by atoms with E-state index in [1.807, 2.05) is 35.2 Å². The van der Waals surface area contributed by atoms with Gasteiger partial charge in [-0.2, -0.15) is 13.2 Å². The third-order valence-corrected chi connectivity index (χ3v) is 10.8. The first-order chi connectivity index (χ1) is 23.8. The Labute approximate surface area is 286 Å². The number of hydrogen-bond donors (Lipinski definition) is 0. The minimum atomic E-state index is -4.88. The van der Waals surface area contributed by atoms with E-state index in [-0.39, 0.29) is 37.6 Å². The van der Waals surface area contributed by atoms with Crippen molar-refractivity contribution in [2.24, 2.45) is 4.99 Å². The van der Waals surface area contributed by atoms with E-state index in [9.17, 15) is 36.0 Å². The van der Waals surface area contributed by atoms with Gasteiger partial charge in [-0.25, -0.2) is 32.1 Å². The van der Waals surface area contributed by atoms with Gasteiger partial charge in [0, 0.05) is 12.2 Å². The number of para-hydroxylation sites is 1. The van der Waals surface area contributed by atoms with E-state index in [4.69, 9.17) is 14.2 Å². The lowest BCUT2D eigenvalue weighted by Crippen LogP contribution is -2.55. The van der Waals surface area contributed by atoms with Crippen molar-refractivity contribution >= 4 is 39.5 Å². The van der Waals surface area contributed by atoms with E-state index < -0.39 is 67.8 Å². The molecule has 3 aromatic carbocycles. The normalized spacial score (nSPS) is 21.2. The number of methoxy groups -OCH3 is 1. The summed E-state index contributed by atoms with van der Waals surface area (Å²) in [6.07, 6.45) is -5.04. The number of alkyl halides is 3. The van der Waals surface area contributed by atoms with Gasteiger partial charge >= 0.3 is 24.1 Å². The van der Waals surface area contributed by atoms with E-state index in [2.05, 4.69) is 4.99 Å². The summed E-state index contributed by atoms with van der Waals surface area (Å²) in [5.41, 5.74) is -1.51. The molecule has 0 saturated carbocycles. The van der Waals surface area contributed by atoms with Gasteiger partial charge in [-0.1, -0.05) is 48.5 Å². The molecular weight excluding hydrogens is 679 g/mol. The topological polar surface area (TPSA) is 132 Å². The molecule has 0 aromatic heterocycles. The first kappa shape index (κ1) is 34.7. The molecule has 11 nitrogen and oxygen atoms in total. The zero-order valence-electron chi connectivity index (χ0n) is 27.1. The summed E-state index contributed by atoms with van der Waals surface area (Å²) in [6.45, 7) is 3.11. The molecule has 3 heterocycles. The van der Waals surface area contributed by atoms with Crippen LogP contribution in [-0.2, 0) is 56.8 Å². The number of halogens is 3. The van der Waals surface area contributed by atoms with Gasteiger partial charge in [0.05, 0.1) is 47.8 Å². The number of anilines is 1. The molecule has 3 aromatic rings. The number of fused-ring (bicyclic) bond motifs is 1. The van der Waals surface area contributed by atoms with Crippen LogP contribution in [0, 0.1) is 0 Å². The number of hydrogen-bond acceptors (Lipinski definition) is 10. The smallest absolute Gasteiger partial charge is 0.416 e. The van der Waals surface area contributed by atoms with E-state index >= 15 is 0 Å². The molecule has 0 bridgehead atoms. The van der Waals surface area contributed by atoms with Crippen LogP contribution in [0.2, 0.25) is 0 Å². The first-order valence-corrected chi connectivity index (χ1v) is 17.1. The maximum Gasteiger partial charge on any atom is 0.416 e. The highest BCUT2D eigenvalue weighted by Gasteiger charge is 2.69. The molecule has 50 heavy (non-hydrogen) atoms. The van der Waals surface area contributed by atoms with Crippen molar-refractivity contribution in [2.75, 3.05) is 25.2 Å². The van der Waals surface area contributed by atoms with E-state index in [1.165, 1.54) is 0 Å². The van der Waals surface area contributed by atoms with Crippen molar-refractivity contribution in [3.05, 3.63) is 107 Å². The molecule has 1 saturated heterocycles. The number of esters is 3. The molecule has 6 rings (SSSR count). The quantitative estimate of drug-likeness (QED) is 0.228. The Bertz CT molecular complexity index is 2020. The maximum absolute atomic E-state index is 14.6. The number of nitrogens with zero attached hydrogens (tertiary/aromatic N) is 3. The van der Waals surface area contributed by atoms with Gasteiger partial charge in [0.25, 0.3) is 10.0 Å². The molecule has 3 aliphatic heterocycles. The summed E-state index contributed by atoms with van der Waals surface area (Å²) in [5, 5.41) is 0. The summed E-state index contributed by atoms with van der Waals surface area (Å²) in [6, 6.07) is 16.2. The molecule has 0 amide bonds. The molecule has 1 fully saturated rings. The second kappa shape index (κ2) is 12.9. The van der Waals surface area contributed by atoms with Crippen LogP contribution in [0.3, 0.4) is 0 Å². The Morgan fingerprint density at radius 3 is 2.14 bits per heavy atom. The number of sulfonamides is 1. The van der Waals surface area contributed by atoms with Gasteiger partial charge in [-0.3, -0.25) is 0 Å². The average Bonchev–Trinajstić information content (AvgIpc) is 3.59. The highest BCUT2D eigenvalue weighted by Crippen LogP contribution is 2.59. The van der Waals surface area contributed by atoms with Crippen molar-refractivity contribution in [1.29, 1.82) is 0 Å². The molecule has 3 atom stereocenters. The Hall–Kier alpha value is -5.18. The molecule has 0 radical (unpaired) electrons. The minimum Gasteiger partial charge on any atom is -0.467 e. The van der Waals surface area contributed by atoms with E-state index in [0.717, 1.165) is 24.8 Å². The molecule has 1 spiro atoms. The number of rotatable bonds is 9. The Balaban J connectivity index is 1.67. The van der Waals surface area contributed by atoms with Crippen molar-refractivity contribution in [3.8, 4) is 0 Å². The number of ether oxygens (including phenoxy) is 3. The van der Waals surface area contributed by atoms with Crippen LogP contribution in [0.15, 0.2) is 100 Å². The minimum absolute atomic E-state index is 0.0699. The van der Waals surface area contributed by atoms with Crippen LogP contribution in [0.1, 0.15) is 37.0 Å². The van der Waals surface area contributed by atoms with Gasteiger partial charge in [-0.15, -0.1) is 0 Å². The SMILES string of the molecule is CCOC(=O)C1=C(C(=O)OCC)C2N(Cc3ccccc3)c3ccccc3[C@@]23C[C@@H](C(=O)OC)N(S(=O)(=O)c2ccc(C(F)(F)F)cc2)C3=N1. The molecular formula is C35H32F3N3O8S. The number of amidine groups is 1. The monoisotopic (exact) mass is 711 g/mol. The number of benzene rings is 3.